The maximum Gasteiger partial charge on any atom is 0.251 e. The molecule has 2 aromatic carbocycles. The van der Waals surface area contributed by atoms with E-state index in [0.717, 1.165) is 26.1 Å². The smallest absolute Gasteiger partial charge is 0.251 e. The van der Waals surface area contributed by atoms with E-state index in [1.807, 2.05) is 0 Å². The molecule has 2 aliphatic rings. The van der Waals surface area contributed by atoms with Crippen molar-refractivity contribution in [2.45, 2.75) is 25.3 Å². The Morgan fingerprint density at radius 2 is 1.93 bits per heavy atom. The first-order chi connectivity index (χ1) is 13.6. The van der Waals surface area contributed by atoms with Gasteiger partial charge in [0.25, 0.3) is 5.91 Å². The topological polar surface area (TPSA) is 35.6 Å². The first-order valence-corrected chi connectivity index (χ1v) is 10.7. The summed E-state index contributed by atoms with van der Waals surface area (Å²) in [6.45, 7) is 5.16. The van der Waals surface area contributed by atoms with E-state index in [4.69, 9.17) is 23.2 Å². The predicted octanol–water partition coefficient (Wildman–Crippen LogP) is 4.25. The highest BCUT2D eigenvalue weighted by Crippen LogP contribution is 2.28. The number of carbonyl (C=O) groups is 1. The molecule has 2 fully saturated rings. The molecule has 28 heavy (non-hydrogen) atoms. The van der Waals surface area contributed by atoms with Crippen LogP contribution in [0.1, 0.15) is 28.8 Å². The van der Waals surface area contributed by atoms with Crippen molar-refractivity contribution in [3.05, 3.63) is 63.6 Å². The van der Waals surface area contributed by atoms with Gasteiger partial charge in [-0.3, -0.25) is 9.69 Å². The van der Waals surface area contributed by atoms with Crippen LogP contribution in [-0.2, 0) is 6.42 Å². The molecule has 0 spiro atoms. The van der Waals surface area contributed by atoms with Gasteiger partial charge in [0.1, 0.15) is 0 Å². The molecule has 4 rings (SSSR count). The second-order valence-corrected chi connectivity index (χ2v) is 8.36. The lowest BCUT2D eigenvalue weighted by atomic mass is 10.1. The molecule has 0 radical (unpaired) electrons. The third kappa shape index (κ3) is 4.29. The average Bonchev–Trinajstić information content (AvgIpc) is 3.18. The summed E-state index contributed by atoms with van der Waals surface area (Å²) in [5.41, 5.74) is 3.11. The summed E-state index contributed by atoms with van der Waals surface area (Å²) in [7, 11) is 0. The monoisotopic (exact) mass is 417 g/mol. The second kappa shape index (κ2) is 8.73. The first kappa shape index (κ1) is 19.6. The van der Waals surface area contributed by atoms with Crippen molar-refractivity contribution in [1.82, 2.24) is 10.2 Å². The maximum atomic E-state index is 12.4. The molecule has 148 valence electrons. The van der Waals surface area contributed by atoms with Crippen LogP contribution in [0.5, 0.6) is 0 Å². The highest BCUT2D eigenvalue weighted by molar-refractivity contribution is 6.42. The molecule has 2 saturated heterocycles. The van der Waals surface area contributed by atoms with Crippen molar-refractivity contribution >= 4 is 34.8 Å². The van der Waals surface area contributed by atoms with Gasteiger partial charge in [0, 0.05) is 43.5 Å². The number of nitrogens with zero attached hydrogens (tertiary/aromatic N) is 2. The van der Waals surface area contributed by atoms with Crippen molar-refractivity contribution in [3.8, 4) is 0 Å². The number of carbonyl (C=O) groups excluding carboxylic acids is 1. The van der Waals surface area contributed by atoms with Gasteiger partial charge in [-0.1, -0.05) is 41.4 Å². The number of hydrogen-bond donors (Lipinski definition) is 1. The summed E-state index contributed by atoms with van der Waals surface area (Å²) in [6, 6.07) is 14.2. The summed E-state index contributed by atoms with van der Waals surface area (Å²) in [4.78, 5) is 17.5. The Morgan fingerprint density at radius 1 is 1.07 bits per heavy atom. The minimum atomic E-state index is -0.129. The molecule has 2 heterocycles. The summed E-state index contributed by atoms with van der Waals surface area (Å²) < 4.78 is 0. The minimum absolute atomic E-state index is 0.129. The Balaban J connectivity index is 1.37. The van der Waals surface area contributed by atoms with E-state index in [2.05, 4.69) is 39.4 Å². The molecule has 2 aromatic rings. The Hall–Kier alpha value is -1.75. The number of fused-ring (bicyclic) bond motifs is 1. The third-order valence-electron chi connectivity index (χ3n) is 5.78. The van der Waals surface area contributed by atoms with Gasteiger partial charge in [-0.25, -0.2) is 0 Å². The van der Waals surface area contributed by atoms with Gasteiger partial charge < -0.3 is 10.2 Å². The van der Waals surface area contributed by atoms with Gasteiger partial charge in [0.05, 0.1) is 10.0 Å². The lowest BCUT2D eigenvalue weighted by Crippen LogP contribution is -2.50. The number of nitrogens with one attached hydrogen (secondary N) is 1. The molecule has 0 bridgehead atoms. The van der Waals surface area contributed by atoms with Gasteiger partial charge in [-0.05, 0) is 55.6 Å². The van der Waals surface area contributed by atoms with Gasteiger partial charge in [0.2, 0.25) is 0 Å². The van der Waals surface area contributed by atoms with E-state index in [0.29, 0.717) is 28.2 Å². The fraction of sp³-hybridized carbons (Fsp3) is 0.409. The van der Waals surface area contributed by atoms with E-state index in [1.54, 1.807) is 18.2 Å². The largest absolute Gasteiger partial charge is 0.368 e. The minimum Gasteiger partial charge on any atom is -0.368 e. The number of anilines is 1. The van der Waals surface area contributed by atoms with Gasteiger partial charge in [0.15, 0.2) is 0 Å². The SMILES string of the molecule is O=C(NCCc1ccccc1N1CCN2CCCC2C1)c1ccc(Cl)c(Cl)c1. The van der Waals surface area contributed by atoms with Crippen molar-refractivity contribution in [3.63, 3.8) is 0 Å². The lowest BCUT2D eigenvalue weighted by Gasteiger charge is -2.39. The zero-order chi connectivity index (χ0) is 19.5. The Morgan fingerprint density at radius 3 is 2.79 bits per heavy atom. The van der Waals surface area contributed by atoms with Crippen LogP contribution in [0.3, 0.4) is 0 Å². The Bertz CT molecular complexity index is 857. The number of rotatable bonds is 5. The molecule has 1 N–H and O–H groups in total. The molecule has 0 aromatic heterocycles. The molecule has 6 heteroatoms. The zero-order valence-electron chi connectivity index (χ0n) is 15.8. The summed E-state index contributed by atoms with van der Waals surface area (Å²) in [6.07, 6.45) is 3.42. The highest BCUT2D eigenvalue weighted by Gasteiger charge is 2.31. The zero-order valence-corrected chi connectivity index (χ0v) is 17.3. The van der Waals surface area contributed by atoms with Crippen molar-refractivity contribution in [2.24, 2.45) is 0 Å². The van der Waals surface area contributed by atoms with E-state index >= 15 is 0 Å². The Labute approximate surface area is 176 Å². The van der Waals surface area contributed by atoms with Gasteiger partial charge >= 0.3 is 0 Å². The van der Waals surface area contributed by atoms with Crippen LogP contribution in [-0.4, -0.2) is 49.6 Å². The number of para-hydroxylation sites is 1. The van der Waals surface area contributed by atoms with Crippen LogP contribution in [0.4, 0.5) is 5.69 Å². The molecular weight excluding hydrogens is 393 g/mol. The standard InChI is InChI=1S/C22H25Cl2N3O/c23-19-8-7-17(14-20(19)24)22(28)25-10-9-16-4-1-2-6-21(16)27-13-12-26-11-3-5-18(26)15-27/h1-2,4,6-8,14,18H,3,5,9-13,15H2,(H,25,28). The summed E-state index contributed by atoms with van der Waals surface area (Å²) >= 11 is 11.9. The van der Waals surface area contributed by atoms with Gasteiger partial charge in [-0.15, -0.1) is 0 Å². The fourth-order valence-corrected chi connectivity index (χ4v) is 4.59. The van der Waals surface area contributed by atoms with E-state index in [-0.39, 0.29) is 5.91 Å². The molecule has 1 atom stereocenters. The normalized spacial score (nSPS) is 19.5. The summed E-state index contributed by atoms with van der Waals surface area (Å²) in [5, 5.41) is 3.84. The van der Waals surface area contributed by atoms with Crippen LogP contribution in [0.25, 0.3) is 0 Å². The molecule has 1 unspecified atom stereocenters. The molecule has 0 aliphatic carbocycles. The van der Waals surface area contributed by atoms with E-state index in [1.165, 1.54) is 30.6 Å². The molecule has 0 saturated carbocycles. The van der Waals surface area contributed by atoms with Crippen LogP contribution in [0.15, 0.2) is 42.5 Å². The van der Waals surface area contributed by atoms with Crippen molar-refractivity contribution in [2.75, 3.05) is 37.6 Å². The lowest BCUT2D eigenvalue weighted by molar-refractivity contribution is 0.0954. The van der Waals surface area contributed by atoms with E-state index < -0.39 is 0 Å². The van der Waals surface area contributed by atoms with Crippen molar-refractivity contribution < 1.29 is 4.79 Å². The highest BCUT2D eigenvalue weighted by atomic mass is 35.5. The number of piperazine rings is 1. The second-order valence-electron chi connectivity index (χ2n) is 7.54. The van der Waals surface area contributed by atoms with E-state index in [9.17, 15) is 4.79 Å². The average molecular weight is 418 g/mol. The third-order valence-corrected chi connectivity index (χ3v) is 6.52. The Kier molecular flexibility index (Phi) is 6.10. The van der Waals surface area contributed by atoms with Crippen molar-refractivity contribution in [1.29, 1.82) is 0 Å². The predicted molar refractivity (Wildman–Crippen MR) is 116 cm³/mol. The first-order valence-electron chi connectivity index (χ1n) is 9.92. The molecule has 4 nitrogen and oxygen atoms in total. The van der Waals surface area contributed by atoms with Crippen LogP contribution in [0, 0.1) is 0 Å². The number of benzene rings is 2. The van der Waals surface area contributed by atoms with Crippen LogP contribution in [0.2, 0.25) is 10.0 Å². The number of hydrogen-bond acceptors (Lipinski definition) is 3. The quantitative estimate of drug-likeness (QED) is 0.789. The van der Waals surface area contributed by atoms with Gasteiger partial charge in [-0.2, -0.15) is 0 Å². The maximum absolute atomic E-state index is 12.4. The van der Waals surface area contributed by atoms with Crippen LogP contribution < -0.4 is 10.2 Å². The number of amides is 1. The molecule has 2 aliphatic heterocycles. The fourth-order valence-electron chi connectivity index (χ4n) is 4.29. The molecular formula is C22H25Cl2N3O. The van der Waals surface area contributed by atoms with Crippen LogP contribution >= 0.6 is 23.2 Å². The summed E-state index contributed by atoms with van der Waals surface area (Å²) in [5.74, 6) is -0.129. The number of halogens is 2. The molecule has 1 amide bonds.